The number of nitrogens with two attached hydrogens (primary N) is 1. The van der Waals surface area contributed by atoms with Crippen LogP contribution in [0.15, 0.2) is 5.10 Å². The summed E-state index contributed by atoms with van der Waals surface area (Å²) >= 11 is 0. The molecule has 2 amide bonds. The molecular formula is C6H11N3O3. The van der Waals surface area contributed by atoms with E-state index in [1.54, 1.807) is 6.92 Å². The van der Waals surface area contributed by atoms with Crippen LogP contribution in [0.2, 0.25) is 0 Å². The number of carbonyl (C=O) groups excluding carboxylic acids is 2. The third kappa shape index (κ3) is 6.53. The lowest BCUT2D eigenvalue weighted by atomic mass is 10.5. The highest BCUT2D eigenvalue weighted by Crippen LogP contribution is 1.81. The average molecular weight is 173 g/mol. The van der Waals surface area contributed by atoms with E-state index in [0.29, 0.717) is 6.61 Å². The molecule has 0 saturated carbocycles. The maximum absolute atomic E-state index is 10.6. The number of urea groups is 1. The molecule has 0 heterocycles. The molecular weight excluding hydrogens is 162 g/mol. The smallest absolute Gasteiger partial charge is 0.332 e. The van der Waals surface area contributed by atoms with Crippen LogP contribution in [0.3, 0.4) is 0 Å². The molecule has 0 aromatic rings. The molecule has 68 valence electrons. The number of ether oxygens (including phenoxy) is 1. The standard InChI is InChI=1S/C6H11N3O3/c1-2-12-5(10)3-4-8-9-6(7)11/h4H,2-3H2,1H3,(H3,7,9,11). The fraction of sp³-hybridized carbons (Fsp3) is 0.500. The number of hydrazone groups is 1. The van der Waals surface area contributed by atoms with Crippen molar-refractivity contribution in [3.63, 3.8) is 0 Å². The second kappa shape index (κ2) is 6.14. The van der Waals surface area contributed by atoms with E-state index in [0.717, 1.165) is 0 Å². The SMILES string of the molecule is CCOC(=O)CC=NNC(N)=O. The Morgan fingerprint density at radius 3 is 2.83 bits per heavy atom. The van der Waals surface area contributed by atoms with E-state index in [1.807, 2.05) is 5.43 Å². The van der Waals surface area contributed by atoms with Gasteiger partial charge in [0, 0.05) is 6.21 Å². The monoisotopic (exact) mass is 173 g/mol. The topological polar surface area (TPSA) is 93.8 Å². The summed E-state index contributed by atoms with van der Waals surface area (Å²) in [5, 5.41) is 3.34. The molecule has 0 radical (unpaired) electrons. The van der Waals surface area contributed by atoms with Crippen molar-refractivity contribution in [2.24, 2.45) is 10.8 Å². The van der Waals surface area contributed by atoms with E-state index >= 15 is 0 Å². The van der Waals surface area contributed by atoms with E-state index in [4.69, 9.17) is 0 Å². The molecule has 0 bridgehead atoms. The van der Waals surface area contributed by atoms with Gasteiger partial charge in [0.1, 0.15) is 0 Å². The number of primary amides is 1. The van der Waals surface area contributed by atoms with Crippen molar-refractivity contribution in [2.75, 3.05) is 6.61 Å². The van der Waals surface area contributed by atoms with Crippen molar-refractivity contribution in [1.82, 2.24) is 5.43 Å². The molecule has 0 spiro atoms. The Morgan fingerprint density at radius 1 is 1.67 bits per heavy atom. The second-order valence-corrected chi connectivity index (χ2v) is 1.80. The van der Waals surface area contributed by atoms with Crippen LogP contribution in [0.25, 0.3) is 0 Å². The number of nitrogens with zero attached hydrogens (tertiary/aromatic N) is 1. The van der Waals surface area contributed by atoms with Crippen LogP contribution < -0.4 is 11.2 Å². The summed E-state index contributed by atoms with van der Waals surface area (Å²) in [6.07, 6.45) is 1.23. The van der Waals surface area contributed by atoms with E-state index in [2.05, 4.69) is 15.6 Å². The van der Waals surface area contributed by atoms with Gasteiger partial charge in [0.25, 0.3) is 0 Å². The molecule has 6 nitrogen and oxygen atoms in total. The molecule has 0 atom stereocenters. The molecule has 0 aliphatic heterocycles. The van der Waals surface area contributed by atoms with Gasteiger partial charge >= 0.3 is 12.0 Å². The number of carbonyl (C=O) groups is 2. The molecule has 3 N–H and O–H groups in total. The molecule has 0 aliphatic carbocycles. The number of hydrogen-bond donors (Lipinski definition) is 2. The van der Waals surface area contributed by atoms with Gasteiger partial charge in [-0.25, -0.2) is 10.2 Å². The molecule has 12 heavy (non-hydrogen) atoms. The van der Waals surface area contributed by atoms with Gasteiger partial charge in [0.05, 0.1) is 13.0 Å². The van der Waals surface area contributed by atoms with Crippen molar-refractivity contribution in [3.8, 4) is 0 Å². The van der Waals surface area contributed by atoms with Gasteiger partial charge in [-0.3, -0.25) is 4.79 Å². The first-order valence-corrected chi connectivity index (χ1v) is 3.39. The average Bonchev–Trinajstić information content (AvgIpc) is 1.98. The minimum Gasteiger partial charge on any atom is -0.466 e. The van der Waals surface area contributed by atoms with E-state index in [-0.39, 0.29) is 6.42 Å². The summed E-state index contributed by atoms with van der Waals surface area (Å²) < 4.78 is 4.57. The van der Waals surface area contributed by atoms with Gasteiger partial charge in [0.15, 0.2) is 0 Å². The Bertz CT molecular complexity index is 190. The molecule has 0 saturated heterocycles. The second-order valence-electron chi connectivity index (χ2n) is 1.80. The third-order valence-corrected chi connectivity index (χ3v) is 0.829. The summed E-state index contributed by atoms with van der Waals surface area (Å²) in [5.41, 5.74) is 6.63. The van der Waals surface area contributed by atoms with Crippen molar-refractivity contribution < 1.29 is 14.3 Å². The highest BCUT2D eigenvalue weighted by Gasteiger charge is 1.96. The van der Waals surface area contributed by atoms with Gasteiger partial charge in [-0.2, -0.15) is 5.10 Å². The van der Waals surface area contributed by atoms with Crippen LogP contribution >= 0.6 is 0 Å². The Balaban J connectivity index is 3.46. The summed E-state index contributed by atoms with van der Waals surface area (Å²) in [6, 6.07) is -0.768. The zero-order valence-electron chi connectivity index (χ0n) is 6.74. The van der Waals surface area contributed by atoms with Gasteiger partial charge in [-0.1, -0.05) is 0 Å². The van der Waals surface area contributed by atoms with Gasteiger partial charge < -0.3 is 10.5 Å². The Kier molecular flexibility index (Phi) is 5.33. The van der Waals surface area contributed by atoms with Crippen LogP contribution in [-0.2, 0) is 9.53 Å². The fourth-order valence-corrected chi connectivity index (χ4v) is 0.449. The van der Waals surface area contributed by atoms with Crippen molar-refractivity contribution in [2.45, 2.75) is 13.3 Å². The number of amides is 2. The molecule has 0 aromatic carbocycles. The van der Waals surface area contributed by atoms with E-state index < -0.39 is 12.0 Å². The summed E-state index contributed by atoms with van der Waals surface area (Å²) in [7, 11) is 0. The van der Waals surface area contributed by atoms with Crippen LogP contribution in [-0.4, -0.2) is 24.8 Å². The van der Waals surface area contributed by atoms with Crippen molar-refractivity contribution in [3.05, 3.63) is 0 Å². The maximum Gasteiger partial charge on any atom is 0.332 e. The molecule has 6 heteroatoms. The molecule has 0 fully saturated rings. The minimum absolute atomic E-state index is 0.0219. The van der Waals surface area contributed by atoms with Gasteiger partial charge in [0.2, 0.25) is 0 Å². The summed E-state index contributed by atoms with van der Waals surface area (Å²) in [5.74, 6) is -0.396. The Morgan fingerprint density at radius 2 is 2.33 bits per heavy atom. The Labute approximate surface area is 69.8 Å². The quantitative estimate of drug-likeness (QED) is 0.344. The lowest BCUT2D eigenvalue weighted by molar-refractivity contribution is -0.141. The maximum atomic E-state index is 10.6. The number of rotatable bonds is 4. The van der Waals surface area contributed by atoms with E-state index in [1.165, 1.54) is 6.21 Å². The van der Waals surface area contributed by atoms with Crippen LogP contribution in [0.1, 0.15) is 13.3 Å². The first-order chi connectivity index (χ1) is 5.66. The highest BCUT2D eigenvalue weighted by molar-refractivity contribution is 5.86. The first-order valence-electron chi connectivity index (χ1n) is 3.39. The largest absolute Gasteiger partial charge is 0.466 e. The zero-order valence-corrected chi connectivity index (χ0v) is 6.74. The van der Waals surface area contributed by atoms with E-state index in [9.17, 15) is 9.59 Å². The van der Waals surface area contributed by atoms with Crippen molar-refractivity contribution in [1.29, 1.82) is 0 Å². The Hall–Kier alpha value is -1.59. The molecule has 0 aliphatic rings. The minimum atomic E-state index is -0.768. The predicted molar refractivity (Wildman–Crippen MR) is 42.5 cm³/mol. The van der Waals surface area contributed by atoms with Crippen LogP contribution in [0.5, 0.6) is 0 Å². The van der Waals surface area contributed by atoms with Crippen molar-refractivity contribution >= 4 is 18.2 Å². The first kappa shape index (κ1) is 10.4. The third-order valence-electron chi connectivity index (χ3n) is 0.829. The lowest BCUT2D eigenvalue weighted by Crippen LogP contribution is -2.24. The van der Waals surface area contributed by atoms with Gasteiger partial charge in [-0.05, 0) is 6.92 Å². The number of nitrogens with one attached hydrogen (secondary N) is 1. The molecule has 0 rings (SSSR count). The highest BCUT2D eigenvalue weighted by atomic mass is 16.5. The normalized spacial score (nSPS) is 9.75. The molecule has 0 aromatic heterocycles. The zero-order chi connectivity index (χ0) is 9.40. The summed E-state index contributed by atoms with van der Waals surface area (Å²) in [6.45, 7) is 2.03. The molecule has 0 unspecified atom stereocenters. The van der Waals surface area contributed by atoms with Crippen LogP contribution in [0.4, 0.5) is 4.79 Å². The summed E-state index contributed by atoms with van der Waals surface area (Å²) in [4.78, 5) is 20.7. The number of esters is 1. The van der Waals surface area contributed by atoms with Gasteiger partial charge in [-0.15, -0.1) is 0 Å². The number of hydrogen-bond acceptors (Lipinski definition) is 4. The predicted octanol–water partition coefficient (Wildman–Crippen LogP) is -0.406. The van der Waals surface area contributed by atoms with Crippen LogP contribution in [0, 0.1) is 0 Å². The lowest BCUT2D eigenvalue weighted by Gasteiger charge is -1.95. The fourth-order valence-electron chi connectivity index (χ4n) is 0.449.